The fourth-order valence-corrected chi connectivity index (χ4v) is 4.84. The molecule has 0 bridgehead atoms. The number of benzene rings is 2. The second-order valence-corrected chi connectivity index (χ2v) is 9.92. The summed E-state index contributed by atoms with van der Waals surface area (Å²) in [5, 5.41) is 7.35. The van der Waals surface area contributed by atoms with Crippen molar-refractivity contribution in [3.63, 3.8) is 0 Å². The smallest absolute Gasteiger partial charge is 0.234 e. The second-order valence-electron chi connectivity index (χ2n) is 9.92. The first-order chi connectivity index (χ1) is 18.5. The van der Waals surface area contributed by atoms with Gasteiger partial charge >= 0.3 is 0 Å². The molecule has 38 heavy (non-hydrogen) atoms. The van der Waals surface area contributed by atoms with E-state index < -0.39 is 0 Å². The molecule has 1 aliphatic carbocycles. The van der Waals surface area contributed by atoms with Crippen LogP contribution in [-0.2, 0) is 4.79 Å². The number of H-pyrrole nitrogens is 1. The van der Waals surface area contributed by atoms with Crippen molar-refractivity contribution in [3.8, 4) is 11.5 Å². The average molecular weight is 513 g/mol. The number of carbonyl (C=O) groups is 2. The zero-order chi connectivity index (χ0) is 26.5. The minimum absolute atomic E-state index is 0.0547. The molecule has 2 aromatic heterocycles. The molecule has 9 nitrogen and oxygen atoms in total. The number of likely N-dealkylation sites (N-methyl/N-ethyl adjacent to an activating group) is 1. The highest BCUT2D eigenvalue weighted by atomic mass is 16.5. The van der Waals surface area contributed by atoms with Gasteiger partial charge in [-0.05, 0) is 76.2 Å². The molecule has 0 unspecified atom stereocenters. The molecular weight excluding hydrogens is 480 g/mol. The van der Waals surface area contributed by atoms with Crippen LogP contribution in [0.25, 0.3) is 11.0 Å². The molecule has 0 atom stereocenters. The summed E-state index contributed by atoms with van der Waals surface area (Å²) in [6.45, 7) is 0.393. The SMILES string of the molecule is CN(C)CC(=O)N[C@H]1CC[C@@H](Nc2ncnc3[nH]cc(C(=O)c4ccc(Oc5ccccc5)cc4)c23)CC1. The highest BCUT2D eigenvalue weighted by Crippen LogP contribution is 2.29. The number of aromatic amines is 1. The lowest BCUT2D eigenvalue weighted by Crippen LogP contribution is -2.43. The van der Waals surface area contributed by atoms with Gasteiger partial charge in [0.2, 0.25) is 5.91 Å². The van der Waals surface area contributed by atoms with E-state index >= 15 is 0 Å². The maximum atomic E-state index is 13.5. The lowest BCUT2D eigenvalue weighted by Gasteiger charge is -2.30. The van der Waals surface area contributed by atoms with Crippen molar-refractivity contribution in [2.75, 3.05) is 26.0 Å². The number of para-hydroxylation sites is 1. The molecule has 9 heteroatoms. The Morgan fingerprint density at radius 3 is 2.34 bits per heavy atom. The number of carbonyl (C=O) groups excluding carboxylic acids is 2. The Bertz CT molecular complexity index is 1390. The normalized spacial score (nSPS) is 17.3. The van der Waals surface area contributed by atoms with Crippen LogP contribution in [0.1, 0.15) is 41.6 Å². The van der Waals surface area contributed by atoms with Gasteiger partial charge in [0.1, 0.15) is 29.3 Å². The fraction of sp³-hybridized carbons (Fsp3) is 0.310. The van der Waals surface area contributed by atoms with Crippen molar-refractivity contribution in [2.24, 2.45) is 0 Å². The molecule has 1 aliphatic rings. The van der Waals surface area contributed by atoms with Gasteiger partial charge in [0.15, 0.2) is 5.78 Å². The van der Waals surface area contributed by atoms with E-state index in [0.29, 0.717) is 40.3 Å². The van der Waals surface area contributed by atoms with Gasteiger partial charge in [-0.2, -0.15) is 0 Å². The van der Waals surface area contributed by atoms with E-state index in [9.17, 15) is 9.59 Å². The number of nitrogens with one attached hydrogen (secondary N) is 3. The van der Waals surface area contributed by atoms with E-state index in [0.717, 1.165) is 31.4 Å². The van der Waals surface area contributed by atoms with Crippen LogP contribution in [0.2, 0.25) is 0 Å². The minimum Gasteiger partial charge on any atom is -0.457 e. The first-order valence-electron chi connectivity index (χ1n) is 12.9. The number of aromatic nitrogens is 3. The van der Waals surface area contributed by atoms with Crippen LogP contribution in [0.5, 0.6) is 11.5 Å². The largest absolute Gasteiger partial charge is 0.457 e. The van der Waals surface area contributed by atoms with E-state index in [1.165, 1.54) is 6.33 Å². The topological polar surface area (TPSA) is 112 Å². The summed E-state index contributed by atoms with van der Waals surface area (Å²) in [6, 6.07) is 17.0. The van der Waals surface area contributed by atoms with Crippen LogP contribution in [0.15, 0.2) is 67.1 Å². The Hall–Kier alpha value is -4.24. The number of anilines is 1. The molecule has 0 saturated heterocycles. The Kier molecular flexibility index (Phi) is 7.65. The van der Waals surface area contributed by atoms with Gasteiger partial charge in [-0.25, -0.2) is 9.97 Å². The maximum Gasteiger partial charge on any atom is 0.234 e. The second kappa shape index (κ2) is 11.4. The van der Waals surface area contributed by atoms with Gasteiger partial charge in [-0.15, -0.1) is 0 Å². The third-order valence-corrected chi connectivity index (χ3v) is 6.70. The van der Waals surface area contributed by atoms with Gasteiger partial charge < -0.3 is 25.3 Å². The Balaban J connectivity index is 1.27. The Morgan fingerprint density at radius 1 is 0.947 bits per heavy atom. The molecule has 2 heterocycles. The molecule has 3 N–H and O–H groups in total. The van der Waals surface area contributed by atoms with Crippen LogP contribution in [0, 0.1) is 0 Å². The number of rotatable bonds is 9. The number of nitrogens with zero attached hydrogens (tertiary/aromatic N) is 3. The highest BCUT2D eigenvalue weighted by molar-refractivity contribution is 6.18. The fourth-order valence-electron chi connectivity index (χ4n) is 4.84. The van der Waals surface area contributed by atoms with E-state index in [2.05, 4.69) is 25.6 Å². The predicted octanol–water partition coefficient (Wildman–Crippen LogP) is 4.38. The van der Waals surface area contributed by atoms with Crippen molar-refractivity contribution < 1.29 is 14.3 Å². The predicted molar refractivity (Wildman–Crippen MR) is 147 cm³/mol. The zero-order valence-corrected chi connectivity index (χ0v) is 21.6. The van der Waals surface area contributed by atoms with Crippen LogP contribution in [0.3, 0.4) is 0 Å². The van der Waals surface area contributed by atoms with Crippen molar-refractivity contribution in [1.82, 2.24) is 25.2 Å². The lowest BCUT2D eigenvalue weighted by molar-refractivity contribution is -0.122. The number of fused-ring (bicyclic) bond motifs is 1. The lowest BCUT2D eigenvalue weighted by atomic mass is 9.91. The number of hydrogen-bond donors (Lipinski definition) is 3. The number of amides is 1. The van der Waals surface area contributed by atoms with Crippen LogP contribution in [-0.4, -0.2) is 64.3 Å². The number of ether oxygens (including phenoxy) is 1. The maximum absolute atomic E-state index is 13.5. The van der Waals surface area contributed by atoms with E-state index in [1.54, 1.807) is 30.5 Å². The summed E-state index contributed by atoms with van der Waals surface area (Å²) < 4.78 is 5.85. The summed E-state index contributed by atoms with van der Waals surface area (Å²) in [5.74, 6) is 1.97. The minimum atomic E-state index is -0.118. The molecule has 4 aromatic rings. The zero-order valence-electron chi connectivity index (χ0n) is 21.6. The third kappa shape index (κ3) is 6.00. The molecule has 1 saturated carbocycles. The molecule has 1 fully saturated rings. The molecular formula is C29H32N6O3. The molecule has 196 valence electrons. The van der Waals surface area contributed by atoms with Gasteiger partial charge in [-0.3, -0.25) is 9.59 Å². The van der Waals surface area contributed by atoms with E-state index in [4.69, 9.17) is 4.74 Å². The highest BCUT2D eigenvalue weighted by Gasteiger charge is 2.25. The van der Waals surface area contributed by atoms with Gasteiger partial charge in [0, 0.05) is 23.8 Å². The number of ketones is 1. The van der Waals surface area contributed by atoms with Crippen molar-refractivity contribution >= 4 is 28.5 Å². The van der Waals surface area contributed by atoms with Gasteiger partial charge in [-0.1, -0.05) is 18.2 Å². The molecule has 0 radical (unpaired) electrons. The molecule has 1 amide bonds. The first kappa shape index (κ1) is 25.4. The number of hydrogen-bond acceptors (Lipinski definition) is 7. The van der Waals surface area contributed by atoms with Gasteiger partial charge in [0.25, 0.3) is 0 Å². The van der Waals surface area contributed by atoms with Gasteiger partial charge in [0.05, 0.1) is 17.5 Å². The van der Waals surface area contributed by atoms with Crippen LogP contribution >= 0.6 is 0 Å². The van der Waals surface area contributed by atoms with Crippen molar-refractivity contribution in [3.05, 3.63) is 78.2 Å². The molecule has 2 aromatic carbocycles. The van der Waals surface area contributed by atoms with Crippen molar-refractivity contribution in [1.29, 1.82) is 0 Å². The molecule has 0 aliphatic heterocycles. The van der Waals surface area contributed by atoms with E-state index in [-0.39, 0.29) is 23.8 Å². The van der Waals surface area contributed by atoms with Crippen molar-refractivity contribution in [2.45, 2.75) is 37.8 Å². The van der Waals surface area contributed by atoms with Crippen LogP contribution < -0.4 is 15.4 Å². The first-order valence-corrected chi connectivity index (χ1v) is 12.9. The monoisotopic (exact) mass is 512 g/mol. The van der Waals surface area contributed by atoms with E-state index in [1.807, 2.05) is 49.3 Å². The molecule has 5 rings (SSSR count). The summed E-state index contributed by atoms with van der Waals surface area (Å²) in [6.07, 6.45) is 6.77. The average Bonchev–Trinajstić information content (AvgIpc) is 3.35. The summed E-state index contributed by atoms with van der Waals surface area (Å²) in [7, 11) is 3.77. The quantitative estimate of drug-likeness (QED) is 0.285. The third-order valence-electron chi connectivity index (χ3n) is 6.70. The summed E-state index contributed by atoms with van der Waals surface area (Å²) in [5.41, 5.74) is 1.68. The summed E-state index contributed by atoms with van der Waals surface area (Å²) >= 11 is 0. The molecule has 0 spiro atoms. The Labute approximate surface area is 221 Å². The van der Waals surface area contributed by atoms with Crippen LogP contribution in [0.4, 0.5) is 5.82 Å². The Morgan fingerprint density at radius 2 is 1.63 bits per heavy atom. The standard InChI is InChI=1S/C29H32N6O3/c1-35(2)17-25(36)33-20-10-12-21(13-11-20)34-29-26-24(16-30-28(26)31-18-32-29)27(37)19-8-14-23(15-9-19)38-22-6-4-3-5-7-22/h3-9,14-16,18,20-21H,10-13,17H2,1-2H3,(H,33,36)(H2,30,31,32,34)/t20-,21+. The summed E-state index contributed by atoms with van der Waals surface area (Å²) in [4.78, 5) is 39.4.